The number of hydrogen-bond donors (Lipinski definition) is 2. The van der Waals surface area contributed by atoms with Crippen LogP contribution >= 0.6 is 11.3 Å². The van der Waals surface area contributed by atoms with Crippen molar-refractivity contribution in [3.63, 3.8) is 0 Å². The number of sulfonamides is 1. The van der Waals surface area contributed by atoms with Crippen LogP contribution in [-0.2, 0) is 23.5 Å². The van der Waals surface area contributed by atoms with E-state index in [2.05, 4.69) is 9.82 Å². The zero-order valence-corrected chi connectivity index (χ0v) is 11.5. The molecule has 0 amide bonds. The summed E-state index contributed by atoms with van der Waals surface area (Å²) in [6, 6.07) is 3.31. The fourth-order valence-corrected chi connectivity index (χ4v) is 3.66. The fourth-order valence-electron chi connectivity index (χ4n) is 1.50. The van der Waals surface area contributed by atoms with Gasteiger partial charge in [-0.2, -0.15) is 5.10 Å². The van der Waals surface area contributed by atoms with Crippen molar-refractivity contribution in [1.29, 1.82) is 0 Å². The van der Waals surface area contributed by atoms with Gasteiger partial charge in [0, 0.05) is 43.0 Å². The molecule has 0 radical (unpaired) electrons. The van der Waals surface area contributed by atoms with E-state index < -0.39 is 10.0 Å². The van der Waals surface area contributed by atoms with Crippen LogP contribution in [-0.4, -0.2) is 24.7 Å². The number of nitrogens with one attached hydrogen (secondary N) is 1. The molecule has 0 aromatic carbocycles. The quantitative estimate of drug-likeness (QED) is 0.841. The Morgan fingerprint density at radius 1 is 1.56 bits per heavy atom. The third kappa shape index (κ3) is 2.89. The third-order valence-corrected chi connectivity index (χ3v) is 5.38. The fraction of sp³-hybridized carbons (Fsp3) is 0.300. The monoisotopic (exact) mass is 286 g/mol. The minimum atomic E-state index is -3.45. The first-order chi connectivity index (χ1) is 8.49. The summed E-state index contributed by atoms with van der Waals surface area (Å²) < 4.78 is 28.3. The molecule has 0 aliphatic heterocycles. The predicted molar refractivity (Wildman–Crippen MR) is 70.8 cm³/mol. The highest BCUT2D eigenvalue weighted by Crippen LogP contribution is 2.21. The Morgan fingerprint density at radius 2 is 2.33 bits per heavy atom. The molecule has 0 aliphatic carbocycles. The smallest absolute Gasteiger partial charge is 0.250 e. The molecule has 98 valence electrons. The predicted octanol–water partition coefficient (Wildman–Crippen LogP) is 0.585. The van der Waals surface area contributed by atoms with Gasteiger partial charge in [-0.15, -0.1) is 11.3 Å². The molecule has 0 saturated carbocycles. The topological polar surface area (TPSA) is 90.0 Å². The van der Waals surface area contributed by atoms with Crippen molar-refractivity contribution >= 4 is 27.0 Å². The van der Waals surface area contributed by atoms with E-state index in [1.807, 2.05) is 13.1 Å². The van der Waals surface area contributed by atoms with Crippen LogP contribution in [0.3, 0.4) is 0 Å². The minimum Gasteiger partial charge on any atom is -0.398 e. The van der Waals surface area contributed by atoms with Crippen molar-refractivity contribution in [2.75, 3.05) is 12.3 Å². The van der Waals surface area contributed by atoms with E-state index in [0.29, 0.717) is 18.7 Å². The van der Waals surface area contributed by atoms with Gasteiger partial charge < -0.3 is 5.73 Å². The van der Waals surface area contributed by atoms with Gasteiger partial charge in [-0.3, -0.25) is 4.68 Å². The normalized spacial score (nSPS) is 11.8. The molecular formula is C10H14N4O2S2. The van der Waals surface area contributed by atoms with Crippen molar-refractivity contribution in [2.24, 2.45) is 7.05 Å². The first-order valence-electron chi connectivity index (χ1n) is 5.29. The van der Waals surface area contributed by atoms with Crippen LogP contribution < -0.4 is 10.5 Å². The lowest BCUT2D eigenvalue weighted by atomic mass is 10.3. The second-order valence-corrected chi connectivity index (χ2v) is 6.70. The lowest BCUT2D eigenvalue weighted by Gasteiger charge is -2.04. The van der Waals surface area contributed by atoms with Gasteiger partial charge in [0.25, 0.3) is 0 Å². The summed E-state index contributed by atoms with van der Waals surface area (Å²) in [5.74, 6) is 0. The SMILES string of the molecule is Cn1nccc1CCNS(=O)(=O)c1cc(N)cs1. The summed E-state index contributed by atoms with van der Waals surface area (Å²) in [4.78, 5) is 0. The molecule has 18 heavy (non-hydrogen) atoms. The maximum absolute atomic E-state index is 11.9. The van der Waals surface area contributed by atoms with Gasteiger partial charge in [-0.25, -0.2) is 13.1 Å². The maximum Gasteiger partial charge on any atom is 0.250 e. The zero-order valence-electron chi connectivity index (χ0n) is 9.83. The van der Waals surface area contributed by atoms with E-state index in [4.69, 9.17) is 5.73 Å². The summed E-state index contributed by atoms with van der Waals surface area (Å²) in [5, 5.41) is 5.63. The number of anilines is 1. The molecule has 8 heteroatoms. The molecule has 6 nitrogen and oxygen atoms in total. The first-order valence-corrected chi connectivity index (χ1v) is 7.66. The van der Waals surface area contributed by atoms with Gasteiger partial charge in [0.1, 0.15) is 4.21 Å². The molecule has 0 fully saturated rings. The highest BCUT2D eigenvalue weighted by atomic mass is 32.2. The van der Waals surface area contributed by atoms with Crippen molar-refractivity contribution in [1.82, 2.24) is 14.5 Å². The Labute approximate surface area is 109 Å². The van der Waals surface area contributed by atoms with Gasteiger partial charge in [0.05, 0.1) is 0 Å². The van der Waals surface area contributed by atoms with Gasteiger partial charge in [-0.05, 0) is 12.1 Å². The van der Waals surface area contributed by atoms with Crippen molar-refractivity contribution in [3.8, 4) is 0 Å². The van der Waals surface area contributed by atoms with Crippen LogP contribution in [0.2, 0.25) is 0 Å². The van der Waals surface area contributed by atoms with Gasteiger partial charge in [-0.1, -0.05) is 0 Å². The Balaban J connectivity index is 1.96. The molecule has 0 unspecified atom stereocenters. The number of nitrogen functional groups attached to an aromatic ring is 1. The van der Waals surface area contributed by atoms with Crippen LogP contribution in [0.15, 0.2) is 27.9 Å². The molecule has 0 spiro atoms. The van der Waals surface area contributed by atoms with E-state index in [1.165, 1.54) is 6.07 Å². The van der Waals surface area contributed by atoms with Crippen LogP contribution in [0.1, 0.15) is 5.69 Å². The first kappa shape index (κ1) is 13.1. The summed E-state index contributed by atoms with van der Waals surface area (Å²) in [6.07, 6.45) is 2.28. The van der Waals surface area contributed by atoms with E-state index in [1.54, 1.807) is 16.3 Å². The van der Waals surface area contributed by atoms with Crippen LogP contribution in [0.4, 0.5) is 5.69 Å². The Morgan fingerprint density at radius 3 is 2.89 bits per heavy atom. The molecule has 0 saturated heterocycles. The zero-order chi connectivity index (χ0) is 13.2. The highest BCUT2D eigenvalue weighted by Gasteiger charge is 2.15. The largest absolute Gasteiger partial charge is 0.398 e. The van der Waals surface area contributed by atoms with Crippen LogP contribution in [0.5, 0.6) is 0 Å². The maximum atomic E-state index is 11.9. The van der Waals surface area contributed by atoms with Gasteiger partial charge in [0.2, 0.25) is 10.0 Å². The second kappa shape index (κ2) is 5.09. The van der Waals surface area contributed by atoms with Crippen molar-refractivity contribution in [2.45, 2.75) is 10.6 Å². The molecule has 2 aromatic heterocycles. The van der Waals surface area contributed by atoms with Crippen LogP contribution in [0, 0.1) is 0 Å². The Kier molecular flexibility index (Phi) is 3.69. The molecule has 2 heterocycles. The second-order valence-electron chi connectivity index (χ2n) is 3.79. The van der Waals surface area contributed by atoms with E-state index >= 15 is 0 Å². The number of nitrogens with zero attached hydrogens (tertiary/aromatic N) is 2. The Bertz CT molecular complexity index is 630. The van der Waals surface area contributed by atoms with Gasteiger partial charge in [0.15, 0.2) is 0 Å². The summed E-state index contributed by atoms with van der Waals surface area (Å²) >= 11 is 1.11. The molecule has 3 N–H and O–H groups in total. The number of hydrogen-bond acceptors (Lipinski definition) is 5. The standard InChI is InChI=1S/C10H14N4O2S2/c1-14-9(2-4-12-14)3-5-13-18(15,16)10-6-8(11)7-17-10/h2,4,6-7,13H,3,5,11H2,1H3. The number of nitrogens with two attached hydrogens (primary N) is 1. The molecule has 0 bridgehead atoms. The summed E-state index contributed by atoms with van der Waals surface area (Å²) in [7, 11) is -1.62. The third-order valence-electron chi connectivity index (χ3n) is 2.46. The van der Waals surface area contributed by atoms with E-state index in [9.17, 15) is 8.42 Å². The summed E-state index contributed by atoms with van der Waals surface area (Å²) in [6.45, 7) is 0.333. The van der Waals surface area contributed by atoms with Crippen molar-refractivity contribution < 1.29 is 8.42 Å². The van der Waals surface area contributed by atoms with E-state index in [0.717, 1.165) is 17.0 Å². The number of aromatic nitrogens is 2. The number of aryl methyl sites for hydroxylation is 1. The minimum absolute atomic E-state index is 0.241. The van der Waals surface area contributed by atoms with Crippen molar-refractivity contribution in [3.05, 3.63) is 29.4 Å². The molecule has 2 aromatic rings. The average Bonchev–Trinajstić information content (AvgIpc) is 2.89. The lowest BCUT2D eigenvalue weighted by molar-refractivity contribution is 0.582. The van der Waals surface area contributed by atoms with Crippen LogP contribution in [0.25, 0.3) is 0 Å². The Hall–Kier alpha value is -1.38. The lowest BCUT2D eigenvalue weighted by Crippen LogP contribution is -2.25. The molecular weight excluding hydrogens is 272 g/mol. The highest BCUT2D eigenvalue weighted by molar-refractivity contribution is 7.91. The van der Waals surface area contributed by atoms with E-state index in [-0.39, 0.29) is 4.21 Å². The average molecular weight is 286 g/mol. The molecule has 0 atom stereocenters. The molecule has 0 aliphatic rings. The molecule has 2 rings (SSSR count). The van der Waals surface area contributed by atoms with Gasteiger partial charge >= 0.3 is 0 Å². The number of rotatable bonds is 5. The summed E-state index contributed by atoms with van der Waals surface area (Å²) in [5.41, 5.74) is 6.95. The number of thiophene rings is 1.